The minimum atomic E-state index is -0.444. The first kappa shape index (κ1) is 20.9. The predicted octanol–water partition coefficient (Wildman–Crippen LogP) is 3.77. The Hall–Kier alpha value is -3.41. The van der Waals surface area contributed by atoms with E-state index >= 15 is 0 Å². The van der Waals surface area contributed by atoms with Crippen LogP contribution in [0.5, 0.6) is 0 Å². The molecule has 6 heteroatoms. The quantitative estimate of drug-likeness (QED) is 0.668. The number of nitrogens with one attached hydrogen (secondary N) is 3. The van der Waals surface area contributed by atoms with Crippen molar-refractivity contribution in [3.63, 3.8) is 0 Å². The Kier molecular flexibility index (Phi) is 7.09. The molecule has 2 aromatic carbocycles. The van der Waals surface area contributed by atoms with Gasteiger partial charge in [-0.05, 0) is 48.7 Å². The van der Waals surface area contributed by atoms with Crippen molar-refractivity contribution in [2.24, 2.45) is 0 Å². The Balaban J connectivity index is 2.32. The van der Waals surface area contributed by atoms with Crippen LogP contribution in [0.15, 0.2) is 48.2 Å². The van der Waals surface area contributed by atoms with Gasteiger partial charge in [0, 0.05) is 24.7 Å². The first-order chi connectivity index (χ1) is 13.3. The van der Waals surface area contributed by atoms with Crippen molar-refractivity contribution in [2.75, 3.05) is 10.6 Å². The maximum atomic E-state index is 12.8. The predicted molar refractivity (Wildman–Crippen MR) is 112 cm³/mol. The average Bonchev–Trinajstić information content (AvgIpc) is 2.65. The van der Waals surface area contributed by atoms with Crippen LogP contribution in [0.4, 0.5) is 11.4 Å². The van der Waals surface area contributed by atoms with Crippen LogP contribution < -0.4 is 16.0 Å². The molecule has 0 unspecified atom stereocenters. The molecule has 3 N–H and O–H groups in total. The lowest BCUT2D eigenvalue weighted by atomic mass is 10.1. The molecule has 0 aromatic heterocycles. The van der Waals surface area contributed by atoms with Crippen molar-refractivity contribution in [3.05, 3.63) is 64.9 Å². The minimum absolute atomic E-state index is 0.107. The summed E-state index contributed by atoms with van der Waals surface area (Å²) in [5.41, 5.74) is 3.88. The second-order valence-electron chi connectivity index (χ2n) is 6.43. The fourth-order valence-electron chi connectivity index (χ4n) is 2.59. The van der Waals surface area contributed by atoms with Crippen molar-refractivity contribution < 1.29 is 14.4 Å². The van der Waals surface area contributed by atoms with E-state index in [9.17, 15) is 14.4 Å². The molecular formula is C22H25N3O3. The monoisotopic (exact) mass is 379 g/mol. The van der Waals surface area contributed by atoms with E-state index in [1.807, 2.05) is 38.1 Å². The lowest BCUT2D eigenvalue weighted by Crippen LogP contribution is -2.29. The third kappa shape index (κ3) is 5.54. The first-order valence-electron chi connectivity index (χ1n) is 9.07. The SMILES string of the molecule is CCC(=O)Nc1cccc(NC(=O)/C(=C/c2ccccc2C)NC(C)=O)c1C. The zero-order chi connectivity index (χ0) is 20.7. The van der Waals surface area contributed by atoms with Gasteiger partial charge in [0.25, 0.3) is 5.91 Å². The number of carbonyl (C=O) groups is 3. The molecule has 0 heterocycles. The average molecular weight is 379 g/mol. The molecule has 0 spiro atoms. The van der Waals surface area contributed by atoms with E-state index in [4.69, 9.17) is 0 Å². The third-order valence-electron chi connectivity index (χ3n) is 4.22. The number of aryl methyl sites for hydroxylation is 1. The van der Waals surface area contributed by atoms with Crippen LogP contribution in [0.2, 0.25) is 0 Å². The van der Waals surface area contributed by atoms with Crippen molar-refractivity contribution in [1.82, 2.24) is 5.32 Å². The van der Waals surface area contributed by atoms with Gasteiger partial charge >= 0.3 is 0 Å². The number of amides is 3. The number of hydrogen-bond donors (Lipinski definition) is 3. The zero-order valence-corrected chi connectivity index (χ0v) is 16.6. The van der Waals surface area contributed by atoms with E-state index in [0.717, 1.165) is 16.7 Å². The Morgan fingerprint density at radius 1 is 0.929 bits per heavy atom. The molecule has 0 aliphatic rings. The second-order valence-corrected chi connectivity index (χ2v) is 6.43. The minimum Gasteiger partial charge on any atom is -0.326 e. The van der Waals surface area contributed by atoms with E-state index in [1.165, 1.54) is 6.92 Å². The molecule has 28 heavy (non-hydrogen) atoms. The van der Waals surface area contributed by atoms with Gasteiger partial charge in [-0.1, -0.05) is 37.3 Å². The van der Waals surface area contributed by atoms with Crippen LogP contribution in [0.25, 0.3) is 6.08 Å². The van der Waals surface area contributed by atoms with Crippen molar-refractivity contribution in [3.8, 4) is 0 Å². The Labute approximate surface area is 165 Å². The smallest absolute Gasteiger partial charge is 0.272 e. The second kappa shape index (κ2) is 9.50. The van der Waals surface area contributed by atoms with Gasteiger partial charge in [0.05, 0.1) is 0 Å². The van der Waals surface area contributed by atoms with E-state index in [1.54, 1.807) is 31.2 Å². The summed E-state index contributed by atoms with van der Waals surface area (Å²) in [5, 5.41) is 8.21. The normalized spacial score (nSPS) is 10.9. The van der Waals surface area contributed by atoms with E-state index < -0.39 is 5.91 Å². The van der Waals surface area contributed by atoms with Gasteiger partial charge in [-0.3, -0.25) is 14.4 Å². The van der Waals surface area contributed by atoms with Crippen LogP contribution in [0, 0.1) is 13.8 Å². The summed E-state index contributed by atoms with van der Waals surface area (Å²) in [5.74, 6) is -0.888. The molecule has 2 aromatic rings. The zero-order valence-electron chi connectivity index (χ0n) is 16.6. The maximum Gasteiger partial charge on any atom is 0.272 e. The first-order valence-corrected chi connectivity index (χ1v) is 9.07. The summed E-state index contributed by atoms with van der Waals surface area (Å²) in [6, 6.07) is 12.8. The fourth-order valence-corrected chi connectivity index (χ4v) is 2.59. The molecule has 0 aliphatic heterocycles. The van der Waals surface area contributed by atoms with Gasteiger partial charge in [-0.2, -0.15) is 0 Å². The summed E-state index contributed by atoms with van der Waals surface area (Å²) in [6.45, 7) is 6.86. The largest absolute Gasteiger partial charge is 0.326 e. The lowest BCUT2D eigenvalue weighted by molar-refractivity contribution is -0.120. The summed E-state index contributed by atoms with van der Waals surface area (Å²) >= 11 is 0. The number of rotatable bonds is 6. The molecule has 0 atom stereocenters. The number of hydrogen-bond acceptors (Lipinski definition) is 3. The van der Waals surface area contributed by atoms with Crippen molar-refractivity contribution in [1.29, 1.82) is 0 Å². The molecule has 0 bridgehead atoms. The van der Waals surface area contributed by atoms with E-state index in [0.29, 0.717) is 17.8 Å². The van der Waals surface area contributed by atoms with Crippen LogP contribution in [0.1, 0.15) is 37.0 Å². The van der Waals surface area contributed by atoms with Gasteiger partial charge in [0.1, 0.15) is 5.70 Å². The van der Waals surface area contributed by atoms with Crippen molar-refractivity contribution in [2.45, 2.75) is 34.1 Å². The summed E-state index contributed by atoms with van der Waals surface area (Å²) in [6.07, 6.45) is 2.01. The molecule has 0 saturated heterocycles. The number of benzene rings is 2. The fraction of sp³-hybridized carbons (Fsp3) is 0.227. The van der Waals surface area contributed by atoms with Gasteiger partial charge in [0.15, 0.2) is 0 Å². The maximum absolute atomic E-state index is 12.8. The highest BCUT2D eigenvalue weighted by molar-refractivity contribution is 6.09. The molecule has 0 saturated carbocycles. The van der Waals surface area contributed by atoms with E-state index in [2.05, 4.69) is 16.0 Å². The Morgan fingerprint density at radius 2 is 1.57 bits per heavy atom. The van der Waals surface area contributed by atoms with Gasteiger partial charge in [0.2, 0.25) is 11.8 Å². The molecule has 0 fully saturated rings. The standard InChI is InChI=1S/C22H25N3O3/c1-5-21(27)24-18-11-8-12-19(15(18)3)25-22(28)20(23-16(4)26)13-17-10-7-6-9-14(17)2/h6-13H,5H2,1-4H3,(H,23,26)(H,24,27)(H,25,28)/b20-13-. The summed E-state index contributed by atoms with van der Waals surface area (Å²) < 4.78 is 0. The highest BCUT2D eigenvalue weighted by Gasteiger charge is 2.14. The molecule has 0 aliphatic carbocycles. The van der Waals surface area contributed by atoms with Gasteiger partial charge < -0.3 is 16.0 Å². The van der Waals surface area contributed by atoms with Crippen LogP contribution in [0.3, 0.4) is 0 Å². The molecular weight excluding hydrogens is 354 g/mol. The third-order valence-corrected chi connectivity index (χ3v) is 4.22. The highest BCUT2D eigenvalue weighted by Crippen LogP contribution is 2.24. The molecule has 0 radical (unpaired) electrons. The highest BCUT2D eigenvalue weighted by atomic mass is 16.2. The summed E-state index contributed by atoms with van der Waals surface area (Å²) in [7, 11) is 0. The number of carbonyl (C=O) groups excluding carboxylic acids is 3. The van der Waals surface area contributed by atoms with Crippen molar-refractivity contribution >= 4 is 35.2 Å². The van der Waals surface area contributed by atoms with Crippen LogP contribution in [-0.2, 0) is 14.4 Å². The lowest BCUT2D eigenvalue weighted by Gasteiger charge is -2.15. The summed E-state index contributed by atoms with van der Waals surface area (Å²) in [4.78, 5) is 36.1. The van der Waals surface area contributed by atoms with Crippen LogP contribution in [-0.4, -0.2) is 17.7 Å². The number of anilines is 2. The van der Waals surface area contributed by atoms with Gasteiger partial charge in [-0.25, -0.2) is 0 Å². The molecule has 3 amide bonds. The van der Waals surface area contributed by atoms with E-state index in [-0.39, 0.29) is 17.5 Å². The molecule has 146 valence electrons. The van der Waals surface area contributed by atoms with Crippen LogP contribution >= 0.6 is 0 Å². The Bertz CT molecular complexity index is 932. The molecule has 2 rings (SSSR count). The Morgan fingerprint density at radius 3 is 2.18 bits per heavy atom. The van der Waals surface area contributed by atoms with Gasteiger partial charge in [-0.15, -0.1) is 0 Å². The topological polar surface area (TPSA) is 87.3 Å². The molecule has 6 nitrogen and oxygen atoms in total.